The highest BCUT2D eigenvalue weighted by Crippen LogP contribution is 2.34. The van der Waals surface area contributed by atoms with E-state index in [9.17, 15) is 0 Å². The topological polar surface area (TPSA) is 12.0 Å². The second kappa shape index (κ2) is 4.77. The lowest BCUT2D eigenvalue weighted by Gasteiger charge is -2.44. The fraction of sp³-hybridized carbons (Fsp3) is 0.571. The molecular formula is C14H20ClN. The SMILES string of the molecule is CC(C)CC1(Cc2ccc(Cl)cc2)CNC1. The molecule has 0 bridgehead atoms. The van der Waals surface area contributed by atoms with Crippen LogP contribution in [0.4, 0.5) is 0 Å². The molecule has 0 spiro atoms. The van der Waals surface area contributed by atoms with Crippen LogP contribution < -0.4 is 5.32 Å². The summed E-state index contributed by atoms with van der Waals surface area (Å²) in [6.07, 6.45) is 2.48. The number of hydrogen-bond acceptors (Lipinski definition) is 1. The van der Waals surface area contributed by atoms with Gasteiger partial charge in [-0.25, -0.2) is 0 Å². The number of benzene rings is 1. The summed E-state index contributed by atoms with van der Waals surface area (Å²) in [5.74, 6) is 0.773. The van der Waals surface area contributed by atoms with E-state index in [2.05, 4.69) is 31.3 Å². The molecule has 1 aliphatic rings. The summed E-state index contributed by atoms with van der Waals surface area (Å²) in [5, 5.41) is 4.24. The molecule has 1 N–H and O–H groups in total. The van der Waals surface area contributed by atoms with Crippen molar-refractivity contribution in [2.75, 3.05) is 13.1 Å². The van der Waals surface area contributed by atoms with Crippen molar-refractivity contribution < 1.29 is 0 Å². The largest absolute Gasteiger partial charge is 0.316 e. The van der Waals surface area contributed by atoms with Crippen LogP contribution in [-0.4, -0.2) is 13.1 Å². The molecule has 0 aliphatic carbocycles. The predicted octanol–water partition coefficient (Wildman–Crippen LogP) is 3.52. The van der Waals surface area contributed by atoms with Gasteiger partial charge in [-0.15, -0.1) is 0 Å². The van der Waals surface area contributed by atoms with Gasteiger partial charge in [0.05, 0.1) is 0 Å². The van der Waals surface area contributed by atoms with E-state index in [1.54, 1.807) is 0 Å². The third-order valence-corrected chi connectivity index (χ3v) is 3.59. The predicted molar refractivity (Wildman–Crippen MR) is 69.9 cm³/mol. The molecule has 16 heavy (non-hydrogen) atoms. The Bertz CT molecular complexity index is 338. The zero-order valence-electron chi connectivity index (χ0n) is 10.1. The molecule has 0 saturated carbocycles. The third kappa shape index (κ3) is 2.78. The van der Waals surface area contributed by atoms with E-state index in [0.717, 1.165) is 24.0 Å². The Morgan fingerprint density at radius 3 is 2.31 bits per heavy atom. The van der Waals surface area contributed by atoms with E-state index in [4.69, 9.17) is 11.6 Å². The summed E-state index contributed by atoms with van der Waals surface area (Å²) in [7, 11) is 0. The van der Waals surface area contributed by atoms with Crippen LogP contribution in [0.1, 0.15) is 25.8 Å². The Morgan fingerprint density at radius 1 is 1.25 bits per heavy atom. The number of nitrogens with one attached hydrogen (secondary N) is 1. The average molecular weight is 238 g/mol. The van der Waals surface area contributed by atoms with E-state index < -0.39 is 0 Å². The molecular weight excluding hydrogens is 218 g/mol. The molecule has 0 amide bonds. The first-order valence-electron chi connectivity index (χ1n) is 6.05. The van der Waals surface area contributed by atoms with Crippen molar-refractivity contribution in [3.8, 4) is 0 Å². The van der Waals surface area contributed by atoms with E-state index in [0.29, 0.717) is 5.41 Å². The Labute approximate surface area is 103 Å². The van der Waals surface area contributed by atoms with Gasteiger partial charge in [0.25, 0.3) is 0 Å². The molecule has 0 unspecified atom stereocenters. The molecule has 1 nitrogen and oxygen atoms in total. The maximum absolute atomic E-state index is 5.90. The molecule has 88 valence electrons. The van der Waals surface area contributed by atoms with E-state index >= 15 is 0 Å². The van der Waals surface area contributed by atoms with Gasteiger partial charge in [0.1, 0.15) is 0 Å². The van der Waals surface area contributed by atoms with Crippen molar-refractivity contribution in [2.45, 2.75) is 26.7 Å². The number of rotatable bonds is 4. The normalized spacial score (nSPS) is 18.5. The van der Waals surface area contributed by atoms with Crippen LogP contribution in [-0.2, 0) is 6.42 Å². The highest BCUT2D eigenvalue weighted by molar-refractivity contribution is 6.30. The molecule has 0 atom stereocenters. The zero-order valence-corrected chi connectivity index (χ0v) is 10.8. The number of hydrogen-bond donors (Lipinski definition) is 1. The summed E-state index contributed by atoms with van der Waals surface area (Å²) in [4.78, 5) is 0. The van der Waals surface area contributed by atoms with Crippen molar-refractivity contribution in [3.63, 3.8) is 0 Å². The summed E-state index contributed by atoms with van der Waals surface area (Å²) in [6, 6.07) is 8.30. The van der Waals surface area contributed by atoms with Crippen molar-refractivity contribution in [2.24, 2.45) is 11.3 Å². The molecule has 2 rings (SSSR count). The zero-order chi connectivity index (χ0) is 11.6. The maximum Gasteiger partial charge on any atom is 0.0406 e. The molecule has 1 fully saturated rings. The monoisotopic (exact) mass is 237 g/mol. The van der Waals surface area contributed by atoms with Crippen LogP contribution in [0.25, 0.3) is 0 Å². The summed E-state index contributed by atoms with van der Waals surface area (Å²) < 4.78 is 0. The van der Waals surface area contributed by atoms with Gasteiger partial charge in [-0.3, -0.25) is 0 Å². The van der Waals surface area contributed by atoms with E-state index in [1.807, 2.05) is 12.1 Å². The molecule has 1 saturated heterocycles. The van der Waals surface area contributed by atoms with Crippen molar-refractivity contribution in [1.29, 1.82) is 0 Å². The van der Waals surface area contributed by atoms with Gasteiger partial charge in [0, 0.05) is 18.1 Å². The van der Waals surface area contributed by atoms with Gasteiger partial charge >= 0.3 is 0 Å². The molecule has 1 aromatic rings. The number of halogens is 1. The first kappa shape index (κ1) is 11.9. The fourth-order valence-electron chi connectivity index (χ4n) is 2.72. The second-order valence-electron chi connectivity index (χ2n) is 5.50. The Kier molecular flexibility index (Phi) is 3.56. The standard InChI is InChI=1S/C14H20ClN/c1-11(2)7-14(9-16-10-14)8-12-3-5-13(15)6-4-12/h3-6,11,16H,7-10H2,1-2H3. The highest BCUT2D eigenvalue weighted by atomic mass is 35.5. The average Bonchev–Trinajstić information content (AvgIpc) is 2.17. The first-order chi connectivity index (χ1) is 7.60. The summed E-state index contributed by atoms with van der Waals surface area (Å²) in [5.41, 5.74) is 1.90. The minimum absolute atomic E-state index is 0.488. The van der Waals surface area contributed by atoms with Gasteiger partial charge in [-0.1, -0.05) is 37.6 Å². The van der Waals surface area contributed by atoms with Crippen LogP contribution in [0.15, 0.2) is 24.3 Å². The Balaban J connectivity index is 2.04. The van der Waals surface area contributed by atoms with Crippen LogP contribution >= 0.6 is 11.6 Å². The fourth-order valence-corrected chi connectivity index (χ4v) is 2.85. The van der Waals surface area contributed by atoms with Crippen molar-refractivity contribution in [1.82, 2.24) is 5.32 Å². The minimum atomic E-state index is 0.488. The molecule has 1 aromatic carbocycles. The lowest BCUT2D eigenvalue weighted by molar-refractivity contribution is 0.131. The molecule has 2 heteroatoms. The Morgan fingerprint density at radius 2 is 1.88 bits per heavy atom. The van der Waals surface area contributed by atoms with Gasteiger partial charge in [0.15, 0.2) is 0 Å². The Hall–Kier alpha value is -0.530. The third-order valence-electron chi connectivity index (χ3n) is 3.33. The second-order valence-corrected chi connectivity index (χ2v) is 5.94. The van der Waals surface area contributed by atoms with Gasteiger partial charge < -0.3 is 5.32 Å². The van der Waals surface area contributed by atoms with E-state index in [-0.39, 0.29) is 0 Å². The van der Waals surface area contributed by atoms with Gasteiger partial charge in [-0.2, -0.15) is 0 Å². The van der Waals surface area contributed by atoms with Crippen LogP contribution in [0.5, 0.6) is 0 Å². The van der Waals surface area contributed by atoms with E-state index in [1.165, 1.54) is 18.4 Å². The van der Waals surface area contributed by atoms with Crippen LogP contribution in [0.3, 0.4) is 0 Å². The lowest BCUT2D eigenvalue weighted by atomic mass is 9.71. The molecule has 0 aromatic heterocycles. The molecule has 1 aliphatic heterocycles. The maximum atomic E-state index is 5.90. The van der Waals surface area contributed by atoms with Crippen molar-refractivity contribution >= 4 is 11.6 Å². The molecule has 1 heterocycles. The first-order valence-corrected chi connectivity index (χ1v) is 6.43. The quantitative estimate of drug-likeness (QED) is 0.845. The highest BCUT2D eigenvalue weighted by Gasteiger charge is 2.37. The smallest absolute Gasteiger partial charge is 0.0406 e. The summed E-state index contributed by atoms with van der Waals surface area (Å²) in [6.45, 7) is 6.94. The van der Waals surface area contributed by atoms with Gasteiger partial charge in [-0.05, 0) is 41.9 Å². The summed E-state index contributed by atoms with van der Waals surface area (Å²) >= 11 is 5.90. The minimum Gasteiger partial charge on any atom is -0.316 e. The van der Waals surface area contributed by atoms with Crippen molar-refractivity contribution in [3.05, 3.63) is 34.9 Å². The van der Waals surface area contributed by atoms with Crippen LogP contribution in [0.2, 0.25) is 5.02 Å². The molecule has 0 radical (unpaired) electrons. The van der Waals surface area contributed by atoms with Crippen LogP contribution in [0, 0.1) is 11.3 Å². The van der Waals surface area contributed by atoms with Gasteiger partial charge in [0.2, 0.25) is 0 Å². The lowest BCUT2D eigenvalue weighted by Crippen LogP contribution is -2.55.